The van der Waals surface area contributed by atoms with Crippen LogP contribution in [-0.2, 0) is 16.5 Å². The van der Waals surface area contributed by atoms with Gasteiger partial charge in [0.15, 0.2) is 6.29 Å². The van der Waals surface area contributed by atoms with E-state index in [0.29, 0.717) is 0 Å². The van der Waals surface area contributed by atoms with Crippen LogP contribution >= 0.6 is 0 Å². The Hall–Kier alpha value is -0.800. The van der Waals surface area contributed by atoms with Crippen molar-refractivity contribution in [3.63, 3.8) is 0 Å². The molecule has 0 spiro atoms. The Labute approximate surface area is 84.6 Å². The number of nitrogens with zero attached hydrogens (tertiary/aromatic N) is 1. The first-order valence-corrected chi connectivity index (χ1v) is 4.92. The largest absolute Gasteiger partial charge is 0.357 e. The zero-order valence-corrected chi connectivity index (χ0v) is 8.99. The molecule has 2 heterocycles. The standard InChI is InChI=1S/C11H17NO2/c1-11(2)7-13-10(14-8-11)9-4-5-12(3)6-9/h4-6,10H,7-8H2,1-3H3. The summed E-state index contributed by atoms with van der Waals surface area (Å²) >= 11 is 0. The molecule has 2 rings (SSSR count). The highest BCUT2D eigenvalue weighted by molar-refractivity contribution is 5.11. The van der Waals surface area contributed by atoms with E-state index in [4.69, 9.17) is 9.47 Å². The van der Waals surface area contributed by atoms with Crippen molar-refractivity contribution >= 4 is 0 Å². The summed E-state index contributed by atoms with van der Waals surface area (Å²) in [5.74, 6) is 0. The van der Waals surface area contributed by atoms with Gasteiger partial charge in [-0.05, 0) is 6.07 Å². The minimum absolute atomic E-state index is 0.144. The molecule has 1 fully saturated rings. The quantitative estimate of drug-likeness (QED) is 0.685. The van der Waals surface area contributed by atoms with Crippen molar-refractivity contribution in [2.45, 2.75) is 20.1 Å². The van der Waals surface area contributed by atoms with Crippen LogP contribution in [0.15, 0.2) is 18.5 Å². The van der Waals surface area contributed by atoms with E-state index in [-0.39, 0.29) is 11.7 Å². The van der Waals surface area contributed by atoms with Crippen molar-refractivity contribution in [1.29, 1.82) is 0 Å². The van der Waals surface area contributed by atoms with E-state index in [1.54, 1.807) is 0 Å². The molecule has 0 radical (unpaired) electrons. The SMILES string of the molecule is Cn1ccc(C2OCC(C)(C)CO2)c1. The van der Waals surface area contributed by atoms with Gasteiger partial charge in [0.25, 0.3) is 0 Å². The lowest BCUT2D eigenvalue weighted by Crippen LogP contribution is -2.33. The highest BCUT2D eigenvalue weighted by atomic mass is 16.7. The summed E-state index contributed by atoms with van der Waals surface area (Å²) in [5.41, 5.74) is 1.24. The maximum atomic E-state index is 5.66. The average Bonchev–Trinajstić information content (AvgIpc) is 2.52. The van der Waals surface area contributed by atoms with Crippen LogP contribution in [0, 0.1) is 5.41 Å². The number of hydrogen-bond acceptors (Lipinski definition) is 2. The van der Waals surface area contributed by atoms with Gasteiger partial charge in [0.1, 0.15) is 0 Å². The first-order chi connectivity index (χ1) is 6.57. The van der Waals surface area contributed by atoms with Crippen molar-refractivity contribution in [1.82, 2.24) is 4.57 Å². The average molecular weight is 195 g/mol. The van der Waals surface area contributed by atoms with Gasteiger partial charge in [-0.15, -0.1) is 0 Å². The Morgan fingerprint density at radius 2 is 2.00 bits per heavy atom. The second-order valence-corrected chi connectivity index (χ2v) is 4.73. The van der Waals surface area contributed by atoms with Crippen molar-refractivity contribution < 1.29 is 9.47 Å². The Balaban J connectivity index is 2.02. The Bertz CT molecular complexity index is 307. The van der Waals surface area contributed by atoms with E-state index in [9.17, 15) is 0 Å². The topological polar surface area (TPSA) is 23.4 Å². The van der Waals surface area contributed by atoms with Crippen molar-refractivity contribution in [2.75, 3.05) is 13.2 Å². The first-order valence-electron chi connectivity index (χ1n) is 4.92. The first kappa shape index (κ1) is 9.74. The molecular formula is C11H17NO2. The number of rotatable bonds is 1. The molecular weight excluding hydrogens is 178 g/mol. The van der Waals surface area contributed by atoms with Gasteiger partial charge in [0.2, 0.25) is 0 Å². The van der Waals surface area contributed by atoms with Crippen molar-refractivity contribution in [2.24, 2.45) is 12.5 Å². The van der Waals surface area contributed by atoms with E-state index in [1.165, 1.54) is 0 Å². The second-order valence-electron chi connectivity index (χ2n) is 4.73. The lowest BCUT2D eigenvalue weighted by molar-refractivity contribution is -0.226. The number of ether oxygens (including phenoxy) is 2. The molecule has 1 aromatic rings. The summed E-state index contributed by atoms with van der Waals surface area (Å²) < 4.78 is 13.3. The van der Waals surface area contributed by atoms with Gasteiger partial charge in [-0.3, -0.25) is 0 Å². The molecule has 1 aromatic heterocycles. The molecule has 0 saturated carbocycles. The lowest BCUT2D eigenvalue weighted by atomic mass is 9.95. The zero-order chi connectivity index (χ0) is 10.2. The van der Waals surface area contributed by atoms with Gasteiger partial charge in [0.05, 0.1) is 13.2 Å². The van der Waals surface area contributed by atoms with Gasteiger partial charge < -0.3 is 14.0 Å². The molecule has 0 atom stereocenters. The lowest BCUT2D eigenvalue weighted by Gasteiger charge is -2.34. The molecule has 0 aromatic carbocycles. The molecule has 14 heavy (non-hydrogen) atoms. The molecule has 3 nitrogen and oxygen atoms in total. The highest BCUT2D eigenvalue weighted by Crippen LogP contribution is 2.30. The zero-order valence-electron chi connectivity index (χ0n) is 8.99. The van der Waals surface area contributed by atoms with Crippen LogP contribution in [0.1, 0.15) is 25.7 Å². The van der Waals surface area contributed by atoms with Crippen LogP contribution in [0.5, 0.6) is 0 Å². The minimum Gasteiger partial charge on any atom is -0.357 e. The van der Waals surface area contributed by atoms with Gasteiger partial charge in [-0.25, -0.2) is 0 Å². The Morgan fingerprint density at radius 1 is 1.36 bits per heavy atom. The van der Waals surface area contributed by atoms with Crippen molar-refractivity contribution in [3.8, 4) is 0 Å². The maximum absolute atomic E-state index is 5.66. The van der Waals surface area contributed by atoms with Crippen LogP contribution < -0.4 is 0 Å². The fourth-order valence-corrected chi connectivity index (χ4v) is 1.55. The van der Waals surface area contributed by atoms with E-state index < -0.39 is 0 Å². The number of hydrogen-bond donors (Lipinski definition) is 0. The molecule has 0 N–H and O–H groups in total. The van der Waals surface area contributed by atoms with Crippen LogP contribution in [0.25, 0.3) is 0 Å². The summed E-state index contributed by atoms with van der Waals surface area (Å²) in [6, 6.07) is 2.03. The molecule has 0 bridgehead atoms. The molecule has 0 unspecified atom stereocenters. The summed E-state index contributed by atoms with van der Waals surface area (Å²) in [5, 5.41) is 0. The monoisotopic (exact) mass is 195 g/mol. The van der Waals surface area contributed by atoms with Gasteiger partial charge >= 0.3 is 0 Å². The summed E-state index contributed by atoms with van der Waals surface area (Å²) in [6.07, 6.45) is 3.86. The van der Waals surface area contributed by atoms with E-state index in [0.717, 1.165) is 18.8 Å². The molecule has 78 valence electrons. The molecule has 1 saturated heterocycles. The second kappa shape index (κ2) is 3.41. The van der Waals surface area contributed by atoms with Gasteiger partial charge in [0, 0.05) is 30.4 Å². The predicted octanol–water partition coefficient (Wildman–Crippen LogP) is 2.10. The van der Waals surface area contributed by atoms with E-state index >= 15 is 0 Å². The Kier molecular flexibility index (Phi) is 2.37. The molecule has 0 aliphatic carbocycles. The Morgan fingerprint density at radius 3 is 2.50 bits per heavy atom. The van der Waals surface area contributed by atoms with Crippen molar-refractivity contribution in [3.05, 3.63) is 24.0 Å². The summed E-state index contributed by atoms with van der Waals surface area (Å²) in [4.78, 5) is 0. The molecule has 1 aliphatic heterocycles. The number of aromatic nitrogens is 1. The third-order valence-electron chi connectivity index (χ3n) is 2.38. The predicted molar refractivity (Wildman–Crippen MR) is 53.8 cm³/mol. The normalized spacial score (nSPS) is 22.5. The molecule has 3 heteroatoms. The summed E-state index contributed by atoms with van der Waals surface area (Å²) in [7, 11) is 2.00. The summed E-state index contributed by atoms with van der Waals surface area (Å²) in [6.45, 7) is 5.81. The van der Waals surface area contributed by atoms with Crippen LogP contribution in [0.2, 0.25) is 0 Å². The molecule has 0 amide bonds. The number of aryl methyl sites for hydroxylation is 1. The van der Waals surface area contributed by atoms with E-state index in [1.807, 2.05) is 30.1 Å². The van der Waals surface area contributed by atoms with Gasteiger partial charge in [-0.1, -0.05) is 13.8 Å². The maximum Gasteiger partial charge on any atom is 0.185 e. The smallest absolute Gasteiger partial charge is 0.185 e. The van der Waals surface area contributed by atoms with Crippen LogP contribution in [-0.4, -0.2) is 17.8 Å². The van der Waals surface area contributed by atoms with Crippen LogP contribution in [0.4, 0.5) is 0 Å². The third-order valence-corrected chi connectivity index (χ3v) is 2.38. The van der Waals surface area contributed by atoms with E-state index in [2.05, 4.69) is 13.8 Å². The fraction of sp³-hybridized carbons (Fsp3) is 0.636. The minimum atomic E-state index is -0.177. The van der Waals surface area contributed by atoms with Crippen LogP contribution in [0.3, 0.4) is 0 Å². The third kappa shape index (κ3) is 1.99. The van der Waals surface area contributed by atoms with Gasteiger partial charge in [-0.2, -0.15) is 0 Å². The fourth-order valence-electron chi connectivity index (χ4n) is 1.55. The highest BCUT2D eigenvalue weighted by Gasteiger charge is 2.29. The molecule has 1 aliphatic rings.